The predicted octanol–water partition coefficient (Wildman–Crippen LogP) is 4.00. The van der Waals surface area contributed by atoms with Gasteiger partial charge in [-0.3, -0.25) is 4.79 Å². The second-order valence-corrected chi connectivity index (χ2v) is 11.2. The Labute approximate surface area is 200 Å². The van der Waals surface area contributed by atoms with Crippen LogP contribution in [0.3, 0.4) is 0 Å². The van der Waals surface area contributed by atoms with E-state index in [0.29, 0.717) is 37.0 Å². The van der Waals surface area contributed by atoms with E-state index in [2.05, 4.69) is 4.90 Å². The molecule has 1 amide bonds. The number of fused-ring (bicyclic) bond motifs is 1. The molecule has 0 aliphatic carbocycles. The highest BCUT2D eigenvalue weighted by Crippen LogP contribution is 2.38. The molecule has 0 radical (unpaired) electrons. The van der Waals surface area contributed by atoms with Gasteiger partial charge in [0.05, 0.1) is 27.5 Å². The molecule has 11 heteroatoms. The molecule has 1 aromatic heterocycles. The summed E-state index contributed by atoms with van der Waals surface area (Å²) in [7, 11) is -1.95. The number of nitrogens with zero attached hydrogens (tertiary/aromatic N) is 3. The van der Waals surface area contributed by atoms with Crippen molar-refractivity contribution in [3.63, 3.8) is 0 Å². The lowest BCUT2D eigenvalue weighted by molar-refractivity contribution is -0.131. The number of anilines is 1. The molecule has 0 bridgehead atoms. The topological polar surface area (TPSA) is 79.8 Å². The molecule has 7 nitrogen and oxygen atoms in total. The van der Waals surface area contributed by atoms with Gasteiger partial charge in [-0.25, -0.2) is 17.8 Å². The number of sulfone groups is 1. The summed E-state index contributed by atoms with van der Waals surface area (Å²) >= 11 is 7.81. The largest absolute Gasteiger partial charge is 0.494 e. The van der Waals surface area contributed by atoms with E-state index in [1.807, 2.05) is 0 Å². The normalized spacial score (nSPS) is 14.6. The van der Waals surface area contributed by atoms with Gasteiger partial charge in [-0.1, -0.05) is 22.9 Å². The van der Waals surface area contributed by atoms with Crippen LogP contribution < -0.4 is 9.64 Å². The summed E-state index contributed by atoms with van der Waals surface area (Å²) in [5.41, 5.74) is 0.728. The molecule has 0 unspecified atom stereocenters. The Morgan fingerprint density at radius 2 is 1.85 bits per heavy atom. The summed E-state index contributed by atoms with van der Waals surface area (Å²) in [4.78, 5) is 21.2. The van der Waals surface area contributed by atoms with E-state index >= 15 is 0 Å². The van der Waals surface area contributed by atoms with Crippen LogP contribution in [0.15, 0.2) is 41.3 Å². The smallest absolute Gasteiger partial charge is 0.222 e. The summed E-state index contributed by atoms with van der Waals surface area (Å²) in [6.45, 7) is 2.31. The quantitative estimate of drug-likeness (QED) is 0.446. The number of thiazole rings is 1. The van der Waals surface area contributed by atoms with Crippen molar-refractivity contribution in [2.24, 2.45) is 0 Å². The van der Waals surface area contributed by atoms with E-state index in [9.17, 15) is 17.6 Å². The van der Waals surface area contributed by atoms with Crippen molar-refractivity contribution in [1.29, 1.82) is 0 Å². The zero-order valence-electron chi connectivity index (χ0n) is 18.0. The molecule has 1 fully saturated rings. The summed E-state index contributed by atoms with van der Waals surface area (Å²) in [5, 5.41) is 1.45. The van der Waals surface area contributed by atoms with E-state index in [4.69, 9.17) is 21.3 Å². The highest BCUT2D eigenvalue weighted by molar-refractivity contribution is 7.91. The minimum atomic E-state index is -3.54. The number of hydrogen-bond donors (Lipinski definition) is 0. The van der Waals surface area contributed by atoms with Gasteiger partial charge in [0.15, 0.2) is 15.0 Å². The fourth-order valence-electron chi connectivity index (χ4n) is 3.72. The lowest BCUT2D eigenvalue weighted by Crippen LogP contribution is -2.48. The van der Waals surface area contributed by atoms with Gasteiger partial charge in [0.1, 0.15) is 17.1 Å². The van der Waals surface area contributed by atoms with Gasteiger partial charge >= 0.3 is 0 Å². The first-order chi connectivity index (χ1) is 15.8. The standard InChI is InChI=1S/C22H23ClFN3O4S2/c1-31-18-9-8-17(23)21-20(18)25-22(32-21)27-12-10-26(11-13-27)19(28)3-2-14-33(29,30)16-6-4-15(24)5-7-16/h4-9H,2-3,10-14H2,1H3. The van der Waals surface area contributed by atoms with Gasteiger partial charge in [-0.2, -0.15) is 0 Å². The molecule has 2 heterocycles. The second kappa shape index (κ2) is 9.82. The number of amides is 1. The minimum absolute atomic E-state index is 0.0672. The molecular weight excluding hydrogens is 489 g/mol. The zero-order valence-corrected chi connectivity index (χ0v) is 20.3. The second-order valence-electron chi connectivity index (χ2n) is 7.67. The van der Waals surface area contributed by atoms with Crippen molar-refractivity contribution in [3.05, 3.63) is 47.2 Å². The summed E-state index contributed by atoms with van der Waals surface area (Å²) in [6, 6.07) is 8.31. The van der Waals surface area contributed by atoms with Crippen LogP contribution in [-0.4, -0.2) is 63.3 Å². The first-order valence-corrected chi connectivity index (χ1v) is 13.3. The van der Waals surface area contributed by atoms with E-state index in [-0.39, 0.29) is 29.4 Å². The van der Waals surface area contributed by atoms with Crippen LogP contribution in [0.4, 0.5) is 9.52 Å². The molecule has 1 aliphatic rings. The van der Waals surface area contributed by atoms with Crippen LogP contribution in [0, 0.1) is 5.82 Å². The number of piperazine rings is 1. The molecule has 33 heavy (non-hydrogen) atoms. The first-order valence-electron chi connectivity index (χ1n) is 10.4. The maximum absolute atomic E-state index is 13.0. The maximum atomic E-state index is 13.0. The fourth-order valence-corrected chi connectivity index (χ4v) is 6.34. The maximum Gasteiger partial charge on any atom is 0.222 e. The van der Waals surface area contributed by atoms with Gasteiger partial charge in [0.2, 0.25) is 5.91 Å². The van der Waals surface area contributed by atoms with Crippen LogP contribution >= 0.6 is 22.9 Å². The molecule has 0 N–H and O–H groups in total. The molecular formula is C22H23ClFN3O4S2. The molecule has 1 aliphatic heterocycles. The summed E-state index contributed by atoms with van der Waals surface area (Å²) in [6.07, 6.45) is 0.364. The average molecular weight is 512 g/mol. The van der Waals surface area contributed by atoms with Crippen molar-refractivity contribution in [2.45, 2.75) is 17.7 Å². The molecule has 0 atom stereocenters. The Kier molecular flexibility index (Phi) is 7.06. The Morgan fingerprint density at radius 1 is 1.15 bits per heavy atom. The van der Waals surface area contributed by atoms with Crippen LogP contribution in [0.5, 0.6) is 5.75 Å². The minimum Gasteiger partial charge on any atom is -0.494 e. The Morgan fingerprint density at radius 3 is 2.52 bits per heavy atom. The number of methoxy groups -OCH3 is 1. The van der Waals surface area contributed by atoms with Crippen molar-refractivity contribution >= 4 is 54.0 Å². The van der Waals surface area contributed by atoms with Crippen molar-refractivity contribution in [3.8, 4) is 5.75 Å². The van der Waals surface area contributed by atoms with Gasteiger partial charge in [-0.15, -0.1) is 0 Å². The number of hydrogen-bond acceptors (Lipinski definition) is 7. The third kappa shape index (κ3) is 5.23. The Hall–Kier alpha value is -2.43. The SMILES string of the molecule is COc1ccc(Cl)c2sc(N3CCN(C(=O)CCCS(=O)(=O)c4ccc(F)cc4)CC3)nc12. The van der Waals surface area contributed by atoms with Gasteiger partial charge < -0.3 is 14.5 Å². The number of rotatable bonds is 7. The van der Waals surface area contributed by atoms with Gasteiger partial charge in [-0.05, 0) is 42.8 Å². The van der Waals surface area contributed by atoms with E-state index in [1.165, 1.54) is 23.5 Å². The highest BCUT2D eigenvalue weighted by atomic mass is 35.5. The number of aromatic nitrogens is 1. The number of carbonyl (C=O) groups excluding carboxylic acids is 1. The lowest BCUT2D eigenvalue weighted by Gasteiger charge is -2.34. The number of halogens is 2. The Balaban J connectivity index is 1.31. The summed E-state index contributed by atoms with van der Waals surface area (Å²) < 4.78 is 44.0. The number of carbonyl (C=O) groups is 1. The van der Waals surface area contributed by atoms with Crippen molar-refractivity contribution in [1.82, 2.24) is 9.88 Å². The first kappa shape index (κ1) is 23.7. The molecule has 4 rings (SSSR count). The Bertz CT molecular complexity index is 1260. The van der Waals surface area contributed by atoms with Crippen LogP contribution in [-0.2, 0) is 14.6 Å². The van der Waals surface area contributed by atoms with Crippen LogP contribution in [0.2, 0.25) is 5.02 Å². The van der Waals surface area contributed by atoms with Gasteiger partial charge in [0, 0.05) is 32.6 Å². The van der Waals surface area contributed by atoms with Crippen molar-refractivity contribution in [2.75, 3.05) is 43.9 Å². The molecule has 1 saturated heterocycles. The average Bonchev–Trinajstić information content (AvgIpc) is 3.26. The fraction of sp³-hybridized carbons (Fsp3) is 0.364. The van der Waals surface area contributed by atoms with Crippen LogP contribution in [0.25, 0.3) is 10.2 Å². The lowest BCUT2D eigenvalue weighted by atomic mass is 10.2. The summed E-state index contributed by atoms with van der Waals surface area (Å²) in [5.74, 6) is -0.0471. The molecule has 0 spiro atoms. The third-order valence-corrected chi connectivity index (χ3v) is 8.94. The molecule has 3 aromatic rings. The number of benzene rings is 2. The zero-order chi connectivity index (χ0) is 23.6. The molecule has 2 aromatic carbocycles. The monoisotopic (exact) mass is 511 g/mol. The molecule has 0 saturated carbocycles. The molecule has 176 valence electrons. The van der Waals surface area contributed by atoms with Gasteiger partial charge in [0.25, 0.3) is 0 Å². The van der Waals surface area contributed by atoms with E-state index < -0.39 is 15.7 Å². The predicted molar refractivity (Wildman–Crippen MR) is 128 cm³/mol. The van der Waals surface area contributed by atoms with Crippen LogP contribution in [0.1, 0.15) is 12.8 Å². The van der Waals surface area contributed by atoms with E-state index in [0.717, 1.165) is 27.5 Å². The highest BCUT2D eigenvalue weighted by Gasteiger charge is 2.24. The van der Waals surface area contributed by atoms with Crippen molar-refractivity contribution < 1.29 is 22.3 Å². The number of ether oxygens (including phenoxy) is 1. The third-order valence-electron chi connectivity index (χ3n) is 5.55. The van der Waals surface area contributed by atoms with E-state index in [1.54, 1.807) is 24.1 Å².